The molecule has 0 saturated carbocycles. The molecule has 17 heavy (non-hydrogen) atoms. The molecule has 4 nitrogen and oxygen atoms in total. The first-order chi connectivity index (χ1) is 8.19. The van der Waals surface area contributed by atoms with Gasteiger partial charge in [0.1, 0.15) is 5.75 Å². The van der Waals surface area contributed by atoms with Crippen LogP contribution in [-0.4, -0.2) is 12.1 Å². The zero-order valence-electron chi connectivity index (χ0n) is 9.86. The average Bonchev–Trinajstić information content (AvgIpc) is 2.73. The zero-order valence-corrected chi connectivity index (χ0v) is 10.7. The van der Waals surface area contributed by atoms with E-state index in [2.05, 4.69) is 16.4 Å². The molecule has 3 N–H and O–H groups in total. The van der Waals surface area contributed by atoms with E-state index in [1.54, 1.807) is 7.11 Å². The van der Waals surface area contributed by atoms with Crippen LogP contribution < -0.4 is 15.8 Å². The number of nitrogens with zero attached hydrogens (tertiary/aromatic N) is 1. The van der Waals surface area contributed by atoms with Crippen molar-refractivity contribution in [1.29, 1.82) is 0 Å². The number of nitrogens with two attached hydrogens (primary N) is 1. The number of aryl methyl sites for hydroxylation is 1. The van der Waals surface area contributed by atoms with Crippen molar-refractivity contribution in [2.24, 2.45) is 0 Å². The summed E-state index contributed by atoms with van der Waals surface area (Å²) in [7, 11) is 1.66. The minimum atomic E-state index is 0.595. The minimum absolute atomic E-state index is 0.595. The predicted octanol–water partition coefficient (Wildman–Crippen LogP) is 2.65. The van der Waals surface area contributed by atoms with Crippen LogP contribution in [0.1, 0.15) is 11.3 Å². The molecule has 5 heteroatoms. The Kier molecular flexibility index (Phi) is 3.49. The summed E-state index contributed by atoms with van der Waals surface area (Å²) in [5.74, 6) is 0.832. The topological polar surface area (TPSA) is 60.2 Å². The maximum atomic E-state index is 5.58. The Hall–Kier alpha value is -1.75. The summed E-state index contributed by atoms with van der Waals surface area (Å²) in [6.07, 6.45) is 0. The Morgan fingerprint density at radius 1 is 1.47 bits per heavy atom. The van der Waals surface area contributed by atoms with E-state index in [4.69, 9.17) is 10.5 Å². The highest BCUT2D eigenvalue weighted by Gasteiger charge is 2.04. The van der Waals surface area contributed by atoms with E-state index in [1.165, 1.54) is 16.9 Å². The normalized spacial score (nSPS) is 10.2. The number of thiazole rings is 1. The molecule has 1 heterocycles. The maximum Gasteiger partial charge on any atom is 0.180 e. The molecule has 90 valence electrons. The summed E-state index contributed by atoms with van der Waals surface area (Å²) in [6.45, 7) is 2.69. The van der Waals surface area contributed by atoms with Gasteiger partial charge in [-0.25, -0.2) is 4.98 Å². The van der Waals surface area contributed by atoms with Gasteiger partial charge in [-0.2, -0.15) is 0 Å². The highest BCUT2D eigenvalue weighted by atomic mass is 32.1. The first-order valence-corrected chi connectivity index (χ1v) is 6.15. The first kappa shape index (κ1) is 11.7. The van der Waals surface area contributed by atoms with Gasteiger partial charge < -0.3 is 15.8 Å². The van der Waals surface area contributed by atoms with E-state index in [-0.39, 0.29) is 0 Å². The smallest absolute Gasteiger partial charge is 0.180 e. The van der Waals surface area contributed by atoms with Crippen LogP contribution in [0.2, 0.25) is 0 Å². The molecule has 0 atom stereocenters. The lowest BCUT2D eigenvalue weighted by Gasteiger charge is -2.10. The van der Waals surface area contributed by atoms with E-state index in [0.29, 0.717) is 11.7 Å². The molecule has 0 radical (unpaired) electrons. The number of ether oxygens (including phenoxy) is 1. The van der Waals surface area contributed by atoms with Gasteiger partial charge in [0.15, 0.2) is 5.13 Å². The second kappa shape index (κ2) is 5.05. The average molecular weight is 249 g/mol. The summed E-state index contributed by atoms with van der Waals surface area (Å²) < 4.78 is 5.29. The molecule has 0 aliphatic rings. The Morgan fingerprint density at radius 2 is 2.29 bits per heavy atom. The number of methoxy groups -OCH3 is 1. The highest BCUT2D eigenvalue weighted by Crippen LogP contribution is 2.25. The number of hydrogen-bond acceptors (Lipinski definition) is 5. The van der Waals surface area contributed by atoms with E-state index in [0.717, 1.165) is 17.1 Å². The third-order valence-corrected chi connectivity index (χ3v) is 3.11. The molecule has 2 rings (SSSR count). The predicted molar refractivity (Wildman–Crippen MR) is 71.6 cm³/mol. The molecule has 0 fully saturated rings. The molecule has 0 aliphatic carbocycles. The van der Waals surface area contributed by atoms with Gasteiger partial charge in [-0.15, -0.1) is 11.3 Å². The molecule has 0 unspecified atom stereocenters. The molecule has 1 aromatic carbocycles. The molecule has 0 aliphatic heterocycles. The van der Waals surface area contributed by atoms with Crippen LogP contribution in [-0.2, 0) is 6.54 Å². The Balaban J connectivity index is 2.10. The largest absolute Gasteiger partial charge is 0.495 e. The number of benzene rings is 1. The van der Waals surface area contributed by atoms with E-state index < -0.39 is 0 Å². The highest BCUT2D eigenvalue weighted by molar-refractivity contribution is 7.13. The Morgan fingerprint density at radius 3 is 2.94 bits per heavy atom. The summed E-state index contributed by atoms with van der Waals surface area (Å²) in [5, 5.41) is 5.84. The lowest BCUT2D eigenvalue weighted by atomic mass is 10.2. The quantitative estimate of drug-likeness (QED) is 0.874. The van der Waals surface area contributed by atoms with Gasteiger partial charge in [-0.3, -0.25) is 0 Å². The van der Waals surface area contributed by atoms with Gasteiger partial charge in [-0.05, 0) is 24.6 Å². The number of anilines is 2. The van der Waals surface area contributed by atoms with Crippen LogP contribution in [0.15, 0.2) is 23.6 Å². The van der Waals surface area contributed by atoms with E-state index in [9.17, 15) is 0 Å². The monoisotopic (exact) mass is 249 g/mol. The van der Waals surface area contributed by atoms with Crippen LogP contribution in [0.4, 0.5) is 10.8 Å². The van der Waals surface area contributed by atoms with Crippen LogP contribution in [0.3, 0.4) is 0 Å². The molecule has 0 bridgehead atoms. The van der Waals surface area contributed by atoms with Gasteiger partial charge in [0.25, 0.3) is 0 Å². The summed E-state index contributed by atoms with van der Waals surface area (Å²) in [5.41, 5.74) is 8.68. The van der Waals surface area contributed by atoms with Crippen molar-refractivity contribution in [3.8, 4) is 5.75 Å². The van der Waals surface area contributed by atoms with Gasteiger partial charge in [-0.1, -0.05) is 6.07 Å². The van der Waals surface area contributed by atoms with Gasteiger partial charge in [0.05, 0.1) is 25.0 Å². The van der Waals surface area contributed by atoms with Crippen LogP contribution in [0.5, 0.6) is 5.75 Å². The van der Waals surface area contributed by atoms with Crippen molar-refractivity contribution in [2.75, 3.05) is 18.2 Å². The van der Waals surface area contributed by atoms with Crippen molar-refractivity contribution >= 4 is 22.2 Å². The van der Waals surface area contributed by atoms with Crippen molar-refractivity contribution in [1.82, 2.24) is 4.98 Å². The summed E-state index contributed by atoms with van der Waals surface area (Å²) in [6, 6.07) is 6.02. The zero-order chi connectivity index (χ0) is 12.3. The first-order valence-electron chi connectivity index (χ1n) is 5.27. The summed E-state index contributed by atoms with van der Waals surface area (Å²) >= 11 is 1.45. The van der Waals surface area contributed by atoms with Crippen molar-refractivity contribution in [3.63, 3.8) is 0 Å². The van der Waals surface area contributed by atoms with E-state index >= 15 is 0 Å². The van der Waals surface area contributed by atoms with Crippen LogP contribution in [0.25, 0.3) is 0 Å². The second-order valence-electron chi connectivity index (χ2n) is 3.73. The van der Waals surface area contributed by atoms with Crippen LogP contribution >= 0.6 is 11.3 Å². The third-order valence-electron chi connectivity index (χ3n) is 2.38. The van der Waals surface area contributed by atoms with Gasteiger partial charge >= 0.3 is 0 Å². The Bertz CT molecular complexity index is 510. The fraction of sp³-hybridized carbons (Fsp3) is 0.250. The molecule has 0 amide bonds. The van der Waals surface area contributed by atoms with Crippen molar-refractivity contribution < 1.29 is 4.74 Å². The molecular formula is C12H15N3OS. The molecule has 1 aromatic heterocycles. The van der Waals surface area contributed by atoms with Crippen molar-refractivity contribution in [3.05, 3.63) is 34.8 Å². The minimum Gasteiger partial charge on any atom is -0.495 e. The number of rotatable bonds is 4. The molecule has 0 spiro atoms. The third kappa shape index (κ3) is 2.88. The van der Waals surface area contributed by atoms with Gasteiger partial charge in [0.2, 0.25) is 0 Å². The van der Waals surface area contributed by atoms with E-state index in [1.807, 2.05) is 24.4 Å². The number of nitrogens with one attached hydrogen (secondary N) is 1. The number of hydrogen-bond donors (Lipinski definition) is 2. The molecule has 2 aromatic rings. The van der Waals surface area contributed by atoms with Crippen molar-refractivity contribution in [2.45, 2.75) is 13.5 Å². The number of aromatic nitrogens is 1. The SMILES string of the molecule is COc1ccc(C)cc1NCc1csc(N)n1. The Labute approximate surface area is 104 Å². The lowest BCUT2D eigenvalue weighted by molar-refractivity contribution is 0.416. The second-order valence-corrected chi connectivity index (χ2v) is 4.62. The fourth-order valence-corrected chi connectivity index (χ4v) is 2.11. The summed E-state index contributed by atoms with van der Waals surface area (Å²) in [4.78, 5) is 4.20. The van der Waals surface area contributed by atoms with Crippen LogP contribution in [0, 0.1) is 6.92 Å². The molecular weight excluding hydrogens is 234 g/mol. The number of nitrogen functional groups attached to an aromatic ring is 1. The fourth-order valence-electron chi connectivity index (χ4n) is 1.55. The van der Waals surface area contributed by atoms with Gasteiger partial charge in [0, 0.05) is 5.38 Å². The lowest BCUT2D eigenvalue weighted by Crippen LogP contribution is -2.02. The maximum absolute atomic E-state index is 5.58. The molecule has 0 saturated heterocycles. The standard InChI is InChI=1S/C12H15N3OS/c1-8-3-4-11(16-2)10(5-8)14-6-9-7-17-12(13)15-9/h3-5,7,14H,6H2,1-2H3,(H2,13,15).